The number of primary amides is 1. The second-order valence-electron chi connectivity index (χ2n) is 4.86. The maximum absolute atomic E-state index is 12.3. The van der Waals surface area contributed by atoms with E-state index in [4.69, 9.17) is 5.73 Å². The van der Waals surface area contributed by atoms with Crippen LogP contribution in [0.1, 0.15) is 34.9 Å². The average molecular weight is 342 g/mol. The molecule has 0 aliphatic heterocycles. The van der Waals surface area contributed by atoms with E-state index in [1.807, 2.05) is 0 Å². The van der Waals surface area contributed by atoms with Crippen molar-refractivity contribution in [2.75, 3.05) is 5.32 Å². The van der Waals surface area contributed by atoms with Crippen molar-refractivity contribution in [2.24, 2.45) is 5.73 Å². The number of carbonyl (C=O) groups is 2. The van der Waals surface area contributed by atoms with E-state index in [9.17, 15) is 22.8 Å². The van der Waals surface area contributed by atoms with Crippen LogP contribution in [0.5, 0.6) is 0 Å². The van der Waals surface area contributed by atoms with Gasteiger partial charge in [-0.25, -0.2) is 0 Å². The highest BCUT2D eigenvalue weighted by atomic mass is 19.4. The fourth-order valence-electron chi connectivity index (χ4n) is 1.85. The molecular formula is C14H13F3N4O3. The number of halogens is 3. The predicted molar refractivity (Wildman–Crippen MR) is 75.8 cm³/mol. The first kappa shape index (κ1) is 17.4. The highest BCUT2D eigenvalue weighted by Gasteiger charge is 2.38. The molecule has 1 heterocycles. The molecule has 0 radical (unpaired) electrons. The summed E-state index contributed by atoms with van der Waals surface area (Å²) in [7, 11) is 0. The van der Waals surface area contributed by atoms with Crippen LogP contribution in [0.2, 0.25) is 0 Å². The van der Waals surface area contributed by atoms with Crippen LogP contribution < -0.4 is 11.1 Å². The molecule has 7 nitrogen and oxygen atoms in total. The van der Waals surface area contributed by atoms with Gasteiger partial charge in [0.1, 0.15) is 0 Å². The zero-order chi connectivity index (χ0) is 17.7. The van der Waals surface area contributed by atoms with Gasteiger partial charge in [0.15, 0.2) is 5.82 Å². The number of nitrogens with zero attached hydrogens (tertiary/aromatic N) is 2. The van der Waals surface area contributed by atoms with Crippen LogP contribution in [0.15, 0.2) is 28.8 Å². The van der Waals surface area contributed by atoms with Crippen molar-refractivity contribution in [2.45, 2.75) is 25.4 Å². The molecule has 0 aliphatic rings. The first-order valence-electron chi connectivity index (χ1n) is 6.85. The first-order valence-corrected chi connectivity index (χ1v) is 6.85. The van der Waals surface area contributed by atoms with E-state index in [1.54, 1.807) is 12.1 Å². The molecule has 0 atom stereocenters. The van der Waals surface area contributed by atoms with Crippen molar-refractivity contribution < 1.29 is 27.3 Å². The lowest BCUT2D eigenvalue weighted by atomic mass is 10.2. The Morgan fingerprint density at radius 1 is 1.29 bits per heavy atom. The van der Waals surface area contributed by atoms with Gasteiger partial charge in [-0.3, -0.25) is 9.59 Å². The lowest BCUT2D eigenvalue weighted by molar-refractivity contribution is -0.159. The van der Waals surface area contributed by atoms with Crippen LogP contribution in [-0.2, 0) is 17.4 Å². The van der Waals surface area contributed by atoms with Crippen LogP contribution in [0, 0.1) is 0 Å². The molecule has 2 amide bonds. The summed E-state index contributed by atoms with van der Waals surface area (Å²) in [6.07, 6.45) is -4.35. The number of nitrogens with two attached hydrogens (primary N) is 1. The second kappa shape index (κ2) is 7.11. The van der Waals surface area contributed by atoms with Crippen molar-refractivity contribution in [1.82, 2.24) is 10.1 Å². The van der Waals surface area contributed by atoms with Crippen molar-refractivity contribution in [3.8, 4) is 0 Å². The SMILES string of the molecule is NC(=O)c1cccc(NC(=O)CCCc2noc(C(F)(F)F)n2)c1. The number of anilines is 1. The summed E-state index contributed by atoms with van der Waals surface area (Å²) in [5.41, 5.74) is 5.78. The van der Waals surface area contributed by atoms with Gasteiger partial charge in [-0.15, -0.1) is 0 Å². The number of hydrogen-bond donors (Lipinski definition) is 2. The summed E-state index contributed by atoms with van der Waals surface area (Å²) in [5, 5.41) is 5.77. The maximum Gasteiger partial charge on any atom is 0.471 e. The molecule has 0 saturated heterocycles. The minimum Gasteiger partial charge on any atom is -0.366 e. The molecule has 0 unspecified atom stereocenters. The monoisotopic (exact) mass is 342 g/mol. The number of aromatic nitrogens is 2. The standard InChI is InChI=1S/C14H13F3N4O3/c15-14(16,17)13-20-10(21-24-13)5-2-6-11(22)19-9-4-1-3-8(7-9)12(18)23/h1,3-4,7H,2,5-6H2,(H2,18,23)(H,19,22). The lowest BCUT2D eigenvalue weighted by Gasteiger charge is -2.05. The van der Waals surface area contributed by atoms with E-state index in [2.05, 4.69) is 20.0 Å². The molecule has 2 rings (SSSR count). The minimum absolute atomic E-state index is 0.0384. The summed E-state index contributed by atoms with van der Waals surface area (Å²) in [5.74, 6) is -2.52. The largest absolute Gasteiger partial charge is 0.471 e. The van der Waals surface area contributed by atoms with E-state index >= 15 is 0 Å². The Hall–Kier alpha value is -2.91. The number of amides is 2. The summed E-state index contributed by atoms with van der Waals surface area (Å²) in [6.45, 7) is 0. The zero-order valence-electron chi connectivity index (χ0n) is 12.3. The number of alkyl halides is 3. The van der Waals surface area contributed by atoms with Gasteiger partial charge in [-0.1, -0.05) is 11.2 Å². The molecule has 0 aliphatic carbocycles. The van der Waals surface area contributed by atoms with E-state index < -0.39 is 18.0 Å². The first-order chi connectivity index (χ1) is 11.3. The molecule has 0 bridgehead atoms. The Kier molecular flexibility index (Phi) is 5.17. The fraction of sp³-hybridized carbons (Fsp3) is 0.286. The van der Waals surface area contributed by atoms with Crippen LogP contribution in [0.25, 0.3) is 0 Å². The fourth-order valence-corrected chi connectivity index (χ4v) is 1.85. The van der Waals surface area contributed by atoms with Gasteiger partial charge in [0.05, 0.1) is 0 Å². The lowest BCUT2D eigenvalue weighted by Crippen LogP contribution is -2.14. The Bertz CT molecular complexity index is 743. The number of rotatable bonds is 6. The molecule has 10 heteroatoms. The highest BCUT2D eigenvalue weighted by molar-refractivity contribution is 5.96. The number of nitrogens with one attached hydrogen (secondary N) is 1. The Labute approximate surface area is 134 Å². The topological polar surface area (TPSA) is 111 Å². The molecule has 24 heavy (non-hydrogen) atoms. The number of aryl methyl sites for hydroxylation is 1. The molecule has 3 N–H and O–H groups in total. The van der Waals surface area contributed by atoms with E-state index in [-0.39, 0.29) is 36.6 Å². The number of hydrogen-bond acceptors (Lipinski definition) is 5. The second-order valence-corrected chi connectivity index (χ2v) is 4.86. The Morgan fingerprint density at radius 2 is 2.04 bits per heavy atom. The molecule has 0 spiro atoms. The molecular weight excluding hydrogens is 329 g/mol. The van der Waals surface area contributed by atoms with Crippen LogP contribution in [-0.4, -0.2) is 22.0 Å². The molecule has 0 fully saturated rings. The summed E-state index contributed by atoms with van der Waals surface area (Å²) < 4.78 is 41.0. The Morgan fingerprint density at radius 3 is 2.67 bits per heavy atom. The van der Waals surface area contributed by atoms with E-state index in [0.29, 0.717) is 5.69 Å². The summed E-state index contributed by atoms with van der Waals surface area (Å²) >= 11 is 0. The molecule has 0 saturated carbocycles. The van der Waals surface area contributed by atoms with Crippen molar-refractivity contribution in [1.29, 1.82) is 0 Å². The van der Waals surface area contributed by atoms with Crippen LogP contribution >= 0.6 is 0 Å². The number of carbonyl (C=O) groups excluding carboxylic acids is 2. The predicted octanol–water partition coefficient (Wildman–Crippen LogP) is 2.15. The molecule has 2 aromatic rings. The third kappa shape index (κ3) is 4.80. The highest BCUT2D eigenvalue weighted by Crippen LogP contribution is 2.27. The van der Waals surface area contributed by atoms with E-state index in [0.717, 1.165) is 0 Å². The van der Waals surface area contributed by atoms with Gasteiger partial charge in [0.2, 0.25) is 11.8 Å². The molecule has 1 aromatic carbocycles. The molecule has 128 valence electrons. The Balaban J connectivity index is 1.82. The third-order valence-corrected chi connectivity index (χ3v) is 2.95. The van der Waals surface area contributed by atoms with E-state index in [1.165, 1.54) is 12.1 Å². The van der Waals surface area contributed by atoms with Crippen LogP contribution in [0.4, 0.5) is 18.9 Å². The zero-order valence-corrected chi connectivity index (χ0v) is 12.3. The maximum atomic E-state index is 12.3. The smallest absolute Gasteiger partial charge is 0.366 e. The normalized spacial score (nSPS) is 11.3. The van der Waals surface area contributed by atoms with Gasteiger partial charge < -0.3 is 15.6 Å². The third-order valence-electron chi connectivity index (χ3n) is 2.95. The number of benzene rings is 1. The van der Waals surface area contributed by atoms with Crippen molar-refractivity contribution in [3.05, 3.63) is 41.5 Å². The minimum atomic E-state index is -4.69. The molecule has 1 aromatic heterocycles. The average Bonchev–Trinajstić information content (AvgIpc) is 2.96. The van der Waals surface area contributed by atoms with Crippen molar-refractivity contribution in [3.63, 3.8) is 0 Å². The van der Waals surface area contributed by atoms with Gasteiger partial charge in [0, 0.05) is 24.1 Å². The van der Waals surface area contributed by atoms with Gasteiger partial charge >= 0.3 is 12.1 Å². The summed E-state index contributed by atoms with van der Waals surface area (Å²) in [4.78, 5) is 26.0. The quantitative estimate of drug-likeness (QED) is 0.835. The van der Waals surface area contributed by atoms with Crippen molar-refractivity contribution >= 4 is 17.5 Å². The summed E-state index contributed by atoms with van der Waals surface area (Å²) in [6, 6.07) is 6.08. The van der Waals surface area contributed by atoms with Gasteiger partial charge in [-0.2, -0.15) is 18.2 Å². The van der Waals surface area contributed by atoms with Gasteiger partial charge in [0.25, 0.3) is 0 Å². The van der Waals surface area contributed by atoms with Crippen LogP contribution in [0.3, 0.4) is 0 Å². The van der Waals surface area contributed by atoms with Gasteiger partial charge in [-0.05, 0) is 24.6 Å².